The molecule has 0 bridgehead atoms. The third-order valence-electron chi connectivity index (χ3n) is 5.33. The summed E-state index contributed by atoms with van der Waals surface area (Å²) in [6.45, 7) is 0. The smallest absolute Gasteiger partial charge is 0.257 e. The van der Waals surface area contributed by atoms with E-state index in [4.69, 9.17) is 63.3 Å². The Morgan fingerprint density at radius 1 is 0.886 bits per heavy atom. The molecule has 2 amide bonds. The van der Waals surface area contributed by atoms with Crippen LogP contribution in [0.3, 0.4) is 0 Å². The van der Waals surface area contributed by atoms with E-state index >= 15 is 0 Å². The van der Waals surface area contributed by atoms with E-state index in [2.05, 4.69) is 10.6 Å². The molecule has 11 heteroatoms. The number of hydrogen-bond donors (Lipinski definition) is 2. The number of hydrogen-bond acceptors (Lipinski definition) is 4. The number of carbonyl (C=O) groups is 2. The van der Waals surface area contributed by atoms with Gasteiger partial charge in [-0.1, -0.05) is 34.8 Å². The van der Waals surface area contributed by atoms with Crippen LogP contribution in [0.25, 0.3) is 0 Å². The fourth-order valence-corrected chi connectivity index (χ4v) is 5.63. The third-order valence-corrected chi connectivity index (χ3v) is 7.64. The molecule has 0 saturated heterocycles. The van der Waals surface area contributed by atoms with E-state index in [1.54, 1.807) is 48.5 Å². The minimum atomic E-state index is -1.33. The highest BCUT2D eigenvalue weighted by Gasteiger charge is 2.67. The van der Waals surface area contributed by atoms with Crippen molar-refractivity contribution >= 4 is 93.0 Å². The Hall–Kier alpha value is -2.11. The number of thiocyanates is 1. The van der Waals surface area contributed by atoms with Gasteiger partial charge in [0, 0.05) is 32.2 Å². The molecule has 5 nitrogen and oxygen atoms in total. The normalized spacial score (nSPS) is 17.8. The minimum absolute atomic E-state index is 0.164. The van der Waals surface area contributed by atoms with Gasteiger partial charge in [0.1, 0.15) is 9.73 Å². The van der Waals surface area contributed by atoms with Crippen LogP contribution in [0.2, 0.25) is 15.1 Å². The molecule has 2 N–H and O–H groups in total. The van der Waals surface area contributed by atoms with Gasteiger partial charge in [-0.2, -0.15) is 5.26 Å². The number of amides is 2. The molecular formula is C24H14Cl5N3O2S. The number of halogens is 5. The van der Waals surface area contributed by atoms with Crippen molar-refractivity contribution in [3.8, 4) is 5.40 Å². The van der Waals surface area contributed by atoms with Crippen LogP contribution in [0.4, 0.5) is 11.4 Å². The first-order chi connectivity index (χ1) is 16.6. The first-order valence-corrected chi connectivity index (χ1v) is 12.7. The van der Waals surface area contributed by atoms with Gasteiger partial charge in [-0.05, 0) is 78.0 Å². The third kappa shape index (κ3) is 5.83. The Morgan fingerprint density at radius 3 is 2.14 bits per heavy atom. The average Bonchev–Trinajstić information content (AvgIpc) is 3.38. The number of nitrogens with zero attached hydrogens (tertiary/aromatic N) is 1. The molecule has 3 aromatic rings. The maximum Gasteiger partial charge on any atom is 0.257 e. The van der Waals surface area contributed by atoms with Crippen LogP contribution in [0.5, 0.6) is 0 Å². The number of anilines is 2. The molecule has 0 aliphatic heterocycles. The lowest BCUT2D eigenvalue weighted by molar-refractivity contribution is -0.117. The maximum atomic E-state index is 13.0. The summed E-state index contributed by atoms with van der Waals surface area (Å²) in [5.41, 5.74) is 1.70. The van der Waals surface area contributed by atoms with Crippen molar-refractivity contribution in [1.29, 1.82) is 5.26 Å². The first kappa shape index (κ1) is 26.0. The van der Waals surface area contributed by atoms with Crippen LogP contribution in [0.15, 0.2) is 65.6 Å². The summed E-state index contributed by atoms with van der Waals surface area (Å²) in [7, 11) is 0. The van der Waals surface area contributed by atoms with Crippen molar-refractivity contribution in [2.75, 3.05) is 10.6 Å². The first-order valence-electron chi connectivity index (χ1n) is 10.0. The minimum Gasteiger partial charge on any atom is -0.326 e. The zero-order chi connectivity index (χ0) is 25.3. The van der Waals surface area contributed by atoms with Gasteiger partial charge >= 0.3 is 0 Å². The van der Waals surface area contributed by atoms with Crippen molar-refractivity contribution in [2.45, 2.75) is 15.1 Å². The molecule has 0 aromatic heterocycles. The number of thioether (sulfide) groups is 1. The van der Waals surface area contributed by atoms with Gasteiger partial charge < -0.3 is 10.6 Å². The van der Waals surface area contributed by atoms with Crippen molar-refractivity contribution in [3.63, 3.8) is 0 Å². The molecule has 1 saturated carbocycles. The van der Waals surface area contributed by atoms with Gasteiger partial charge in [0.25, 0.3) is 5.91 Å². The van der Waals surface area contributed by atoms with Crippen LogP contribution in [0.1, 0.15) is 21.8 Å². The van der Waals surface area contributed by atoms with Crippen LogP contribution < -0.4 is 10.6 Å². The molecule has 4 rings (SSSR count). The van der Waals surface area contributed by atoms with Gasteiger partial charge in [-0.15, -0.1) is 23.2 Å². The molecule has 0 spiro atoms. The van der Waals surface area contributed by atoms with E-state index in [-0.39, 0.29) is 10.6 Å². The summed E-state index contributed by atoms with van der Waals surface area (Å²) in [4.78, 5) is 26.5. The lowest BCUT2D eigenvalue weighted by atomic mass is 10.1. The Kier molecular flexibility index (Phi) is 7.77. The lowest BCUT2D eigenvalue weighted by Crippen LogP contribution is -2.18. The molecule has 2 atom stereocenters. The van der Waals surface area contributed by atoms with E-state index in [9.17, 15) is 9.59 Å². The molecule has 178 valence electrons. The summed E-state index contributed by atoms with van der Waals surface area (Å²) in [5, 5.41) is 17.2. The Morgan fingerprint density at radius 2 is 1.51 bits per heavy atom. The maximum absolute atomic E-state index is 13.0. The number of rotatable bonds is 6. The highest BCUT2D eigenvalue weighted by molar-refractivity contribution is 8.03. The average molecular weight is 586 g/mol. The largest absolute Gasteiger partial charge is 0.326 e. The van der Waals surface area contributed by atoms with Crippen LogP contribution in [0, 0.1) is 16.6 Å². The van der Waals surface area contributed by atoms with Crippen LogP contribution in [-0.2, 0) is 4.79 Å². The van der Waals surface area contributed by atoms with Crippen LogP contribution in [-0.4, -0.2) is 16.1 Å². The molecule has 1 aliphatic rings. The molecular weight excluding hydrogens is 572 g/mol. The summed E-state index contributed by atoms with van der Waals surface area (Å²) >= 11 is 32.2. The van der Waals surface area contributed by atoms with E-state index in [1.807, 2.05) is 5.40 Å². The summed E-state index contributed by atoms with van der Waals surface area (Å²) in [6.07, 6.45) is 0. The second kappa shape index (κ2) is 10.5. The molecule has 0 heterocycles. The number of alkyl halides is 2. The number of carbonyl (C=O) groups excluding carboxylic acids is 2. The topological polar surface area (TPSA) is 82.0 Å². The Bertz CT molecular complexity index is 1340. The molecule has 35 heavy (non-hydrogen) atoms. The zero-order valence-corrected chi connectivity index (χ0v) is 22.1. The SMILES string of the molecule is N#CSc1ccc(NC(=O)c2cc(NC(=O)C3C(c4cc(Cl)cc(Cl)c4)C3(Cl)Cl)ccc2Cl)cc1. The second-order valence-corrected chi connectivity index (χ2v) is 11.3. The summed E-state index contributed by atoms with van der Waals surface area (Å²) < 4.78 is -1.33. The van der Waals surface area contributed by atoms with Crippen molar-refractivity contribution in [3.05, 3.63) is 86.9 Å². The van der Waals surface area contributed by atoms with E-state index in [0.717, 1.165) is 16.7 Å². The predicted octanol–water partition coefficient (Wildman–Crippen LogP) is 8.00. The number of nitrogens with one attached hydrogen (secondary N) is 2. The quantitative estimate of drug-likeness (QED) is 0.174. The van der Waals surface area contributed by atoms with E-state index in [1.165, 1.54) is 12.1 Å². The molecule has 0 radical (unpaired) electrons. The van der Waals surface area contributed by atoms with Crippen molar-refractivity contribution in [2.24, 2.45) is 5.92 Å². The standard InChI is InChI=1S/C24H14Cl5N3O2S/c25-13-7-12(8-14(26)9-13)20-21(24(20,28)29)23(34)32-16-3-6-19(27)18(10-16)22(33)31-15-1-4-17(5-2-15)35-11-30/h1-10,20-21H,(H,31,33)(H,32,34). The number of benzene rings is 3. The lowest BCUT2D eigenvalue weighted by Gasteiger charge is -2.10. The zero-order valence-electron chi connectivity index (χ0n) is 17.5. The van der Waals surface area contributed by atoms with Gasteiger partial charge in [0.15, 0.2) is 0 Å². The van der Waals surface area contributed by atoms with Crippen molar-refractivity contribution in [1.82, 2.24) is 0 Å². The number of nitriles is 1. The van der Waals surface area contributed by atoms with Gasteiger partial charge in [-0.3, -0.25) is 9.59 Å². The van der Waals surface area contributed by atoms with Crippen molar-refractivity contribution < 1.29 is 9.59 Å². The molecule has 1 fully saturated rings. The van der Waals surface area contributed by atoms with Gasteiger partial charge in [0.2, 0.25) is 5.91 Å². The molecule has 2 unspecified atom stereocenters. The Labute approximate surface area is 230 Å². The predicted molar refractivity (Wildman–Crippen MR) is 143 cm³/mol. The summed E-state index contributed by atoms with van der Waals surface area (Å²) in [5.74, 6) is -2.14. The Balaban J connectivity index is 1.48. The van der Waals surface area contributed by atoms with E-state index in [0.29, 0.717) is 27.0 Å². The van der Waals surface area contributed by atoms with E-state index < -0.39 is 28.0 Å². The van der Waals surface area contributed by atoms with Gasteiger partial charge in [-0.25, -0.2) is 0 Å². The molecule has 1 aliphatic carbocycles. The highest BCUT2D eigenvalue weighted by Crippen LogP contribution is 2.65. The monoisotopic (exact) mass is 583 g/mol. The molecule has 3 aromatic carbocycles. The fraction of sp³-hybridized carbons (Fsp3) is 0.125. The second-order valence-electron chi connectivity index (χ2n) is 7.69. The van der Waals surface area contributed by atoms with Gasteiger partial charge in [0.05, 0.1) is 16.5 Å². The summed E-state index contributed by atoms with van der Waals surface area (Å²) in [6, 6.07) is 16.2. The highest BCUT2D eigenvalue weighted by atomic mass is 35.5. The van der Waals surface area contributed by atoms with Crippen LogP contribution >= 0.6 is 69.8 Å². The fourth-order valence-electron chi connectivity index (χ4n) is 3.68.